The highest BCUT2D eigenvalue weighted by molar-refractivity contribution is 7.00. The number of nitrogens with zero attached hydrogens (tertiary/aromatic N) is 3. The minimum atomic E-state index is -0.166. The van der Waals surface area contributed by atoms with Gasteiger partial charge in [-0.25, -0.2) is 0 Å². The van der Waals surface area contributed by atoms with Crippen LogP contribution in [0.2, 0.25) is 0 Å². The van der Waals surface area contributed by atoms with Gasteiger partial charge in [0.1, 0.15) is 5.58 Å². The predicted octanol–water partition coefficient (Wildman–Crippen LogP) is 17.3. The van der Waals surface area contributed by atoms with E-state index in [1.165, 1.54) is 102 Å². The smallest absolute Gasteiger partial charge is 0.297 e. The number of hydrogen-bond acceptors (Lipinski definition) is 4. The molecule has 0 saturated carbocycles. The van der Waals surface area contributed by atoms with Gasteiger partial charge < -0.3 is 19.1 Å². The molecular weight excluding hydrogens is 898 g/mol. The maximum Gasteiger partial charge on any atom is 0.297 e. The summed E-state index contributed by atoms with van der Waals surface area (Å²) in [7, 11) is 0. The molecule has 13 rings (SSSR count). The third kappa shape index (κ3) is 7.00. The minimum Gasteiger partial charge on any atom is -0.468 e. The average Bonchev–Trinajstić information content (AvgIpc) is 3.78. The average molecular weight is 972 g/mol. The van der Waals surface area contributed by atoms with Gasteiger partial charge in [0.15, 0.2) is 0 Å². The van der Waals surface area contributed by atoms with Crippen molar-refractivity contribution >= 4 is 85.5 Å². The fourth-order valence-corrected chi connectivity index (χ4v) is 14.4. The molecular formula is C69H74BN3O. The van der Waals surface area contributed by atoms with Crippen LogP contribution < -0.4 is 31.3 Å². The van der Waals surface area contributed by atoms with E-state index in [1.54, 1.807) is 0 Å². The van der Waals surface area contributed by atoms with Crippen LogP contribution in [-0.4, -0.2) is 6.71 Å². The van der Waals surface area contributed by atoms with Crippen LogP contribution >= 0.6 is 0 Å². The molecule has 7 aromatic carbocycles. The highest BCUT2D eigenvalue weighted by Gasteiger charge is 2.49. The Bertz CT molecular complexity index is 3570. The summed E-state index contributed by atoms with van der Waals surface area (Å²) in [4.78, 5) is 7.68. The Morgan fingerprint density at radius 1 is 0.419 bits per heavy atom. The van der Waals surface area contributed by atoms with Crippen LogP contribution in [0.1, 0.15) is 161 Å². The molecule has 0 N–H and O–H groups in total. The third-order valence-electron chi connectivity index (χ3n) is 19.2. The summed E-state index contributed by atoms with van der Waals surface area (Å²) in [5.74, 6) is 0. The number of anilines is 9. The summed E-state index contributed by atoms with van der Waals surface area (Å²) < 4.78 is 7.70. The number of benzene rings is 7. The normalized spacial score (nSPS) is 19.7. The molecule has 0 amide bonds. The monoisotopic (exact) mass is 972 g/mol. The Morgan fingerprint density at radius 3 is 1.38 bits per heavy atom. The molecule has 0 radical (unpaired) electrons. The van der Waals surface area contributed by atoms with Crippen LogP contribution in [0.15, 0.2) is 144 Å². The first-order valence-corrected chi connectivity index (χ1v) is 27.8. The Hall–Kier alpha value is -6.46. The van der Waals surface area contributed by atoms with Crippen molar-refractivity contribution in [1.29, 1.82) is 0 Å². The van der Waals surface area contributed by atoms with E-state index in [4.69, 9.17) is 4.42 Å². The lowest BCUT2D eigenvalue weighted by atomic mass is 9.35. The molecule has 3 heterocycles. The molecule has 4 nitrogen and oxygen atoms in total. The van der Waals surface area contributed by atoms with Gasteiger partial charge in [-0.3, -0.25) is 0 Å². The Balaban J connectivity index is 1.13. The van der Waals surface area contributed by atoms with Crippen LogP contribution in [-0.2, 0) is 32.5 Å². The number of para-hydroxylation sites is 2. The van der Waals surface area contributed by atoms with Gasteiger partial charge >= 0.3 is 0 Å². The first-order chi connectivity index (χ1) is 35.0. The lowest BCUT2D eigenvalue weighted by Gasteiger charge is -2.45. The van der Waals surface area contributed by atoms with Gasteiger partial charge in [0.2, 0.25) is 0 Å². The molecule has 374 valence electrons. The number of hydrogen-bond donors (Lipinski definition) is 0. The summed E-state index contributed by atoms with van der Waals surface area (Å²) in [6.45, 7) is 31.5. The molecule has 3 aliphatic carbocycles. The molecule has 0 unspecified atom stereocenters. The van der Waals surface area contributed by atoms with Crippen molar-refractivity contribution in [2.24, 2.45) is 0 Å². The maximum atomic E-state index is 7.70. The molecule has 0 spiro atoms. The van der Waals surface area contributed by atoms with Gasteiger partial charge in [-0.1, -0.05) is 138 Å². The van der Waals surface area contributed by atoms with Crippen molar-refractivity contribution in [3.8, 4) is 0 Å². The zero-order valence-electron chi connectivity index (χ0n) is 46.3. The molecule has 74 heavy (non-hydrogen) atoms. The number of aryl methyl sites for hydroxylation is 1. The Kier molecular flexibility index (Phi) is 10.1. The largest absolute Gasteiger partial charge is 0.468 e. The van der Waals surface area contributed by atoms with Gasteiger partial charge in [0.05, 0.1) is 11.3 Å². The van der Waals surface area contributed by atoms with Crippen LogP contribution in [0.25, 0.3) is 11.0 Å². The first kappa shape index (κ1) is 47.3. The van der Waals surface area contributed by atoms with Crippen molar-refractivity contribution in [2.75, 3.05) is 14.7 Å². The second-order valence-electron chi connectivity index (χ2n) is 27.0. The van der Waals surface area contributed by atoms with Crippen LogP contribution in [0.5, 0.6) is 0 Å². The number of rotatable bonds is 5. The lowest BCUT2D eigenvalue weighted by molar-refractivity contribution is 0.332. The fraction of sp³-hybridized carbons (Fsp3) is 0.362. The number of fused-ring (bicyclic) bond motifs is 9. The second-order valence-corrected chi connectivity index (χ2v) is 27.0. The molecule has 0 bridgehead atoms. The van der Waals surface area contributed by atoms with E-state index in [9.17, 15) is 0 Å². The molecule has 5 heteroatoms. The van der Waals surface area contributed by atoms with E-state index < -0.39 is 0 Å². The molecule has 0 atom stereocenters. The van der Waals surface area contributed by atoms with Crippen molar-refractivity contribution in [3.63, 3.8) is 0 Å². The van der Waals surface area contributed by atoms with Gasteiger partial charge in [-0.05, 0) is 213 Å². The highest BCUT2D eigenvalue weighted by atomic mass is 16.3. The molecule has 1 aromatic heterocycles. The number of furan rings is 1. The molecule has 5 aliphatic rings. The lowest BCUT2D eigenvalue weighted by Crippen LogP contribution is -2.61. The Morgan fingerprint density at radius 2 is 0.865 bits per heavy atom. The quantitative estimate of drug-likeness (QED) is 0.160. The zero-order valence-corrected chi connectivity index (χ0v) is 46.3. The standard InChI is InChI=1S/C69H74BN3O/c1-43-36-58-61-59(37-43)73(47-25-28-51-53(39-47)67(8,9)33-31-65(51,4)5)62-49-41-54-55(69(12,13)35-34-68(54,10)11)42-60(49)74-63(62)70(61)56-29-26-48(71(44-20-16-14-17-21-44)45-22-18-15-19-23-45)40-57(56)72(58)46-24-27-50-52(38-46)66(6,7)32-30-64(50,2)3/h14-29,36-42H,30-35H2,1-13H3. The SMILES string of the molecule is Cc1cc2c3c(c1)N(c1ccc4c(c1)C(C)(C)CCC4(C)C)c1c(oc4cc5c(cc14)C(C)(C)CCC5(C)C)B3c1ccc(N(c3ccccc3)c3ccccc3)cc1N2c1ccc2c(c1)C(C)(C)CCC2(C)C. The summed E-state index contributed by atoms with van der Waals surface area (Å²) in [6.07, 6.45) is 6.96. The predicted molar refractivity (Wildman–Crippen MR) is 316 cm³/mol. The molecule has 8 aromatic rings. The fourth-order valence-electron chi connectivity index (χ4n) is 14.4. The topological polar surface area (TPSA) is 22.9 Å². The maximum absolute atomic E-state index is 7.70. The Labute approximate surface area is 441 Å². The van der Waals surface area contributed by atoms with Gasteiger partial charge in [0.25, 0.3) is 6.71 Å². The van der Waals surface area contributed by atoms with Crippen LogP contribution in [0.4, 0.5) is 51.2 Å². The summed E-state index contributed by atoms with van der Waals surface area (Å²) in [5.41, 5.74) is 25.4. The minimum absolute atomic E-state index is 0.0299. The van der Waals surface area contributed by atoms with Crippen LogP contribution in [0, 0.1) is 6.92 Å². The second kappa shape index (κ2) is 15.8. The highest BCUT2D eigenvalue weighted by Crippen LogP contribution is 2.55. The molecule has 0 fully saturated rings. The van der Waals surface area contributed by atoms with Gasteiger partial charge in [-0.15, -0.1) is 0 Å². The van der Waals surface area contributed by atoms with E-state index in [2.05, 4.69) is 244 Å². The van der Waals surface area contributed by atoms with Crippen molar-refractivity contribution < 1.29 is 4.42 Å². The van der Waals surface area contributed by atoms with E-state index in [1.807, 2.05) is 0 Å². The zero-order chi connectivity index (χ0) is 51.6. The van der Waals surface area contributed by atoms with E-state index in [-0.39, 0.29) is 39.2 Å². The van der Waals surface area contributed by atoms with Gasteiger partial charge in [-0.2, -0.15) is 0 Å². The van der Waals surface area contributed by atoms with Crippen molar-refractivity contribution in [3.05, 3.63) is 178 Å². The van der Waals surface area contributed by atoms with Crippen LogP contribution in [0.3, 0.4) is 0 Å². The molecule has 2 aliphatic heterocycles. The van der Waals surface area contributed by atoms with Crippen molar-refractivity contribution in [1.82, 2.24) is 0 Å². The van der Waals surface area contributed by atoms with E-state index in [0.29, 0.717) is 0 Å². The van der Waals surface area contributed by atoms with E-state index in [0.717, 1.165) is 54.0 Å². The van der Waals surface area contributed by atoms with Gasteiger partial charge in [0, 0.05) is 50.9 Å². The first-order valence-electron chi connectivity index (χ1n) is 27.8. The third-order valence-corrected chi connectivity index (χ3v) is 19.2. The summed E-state index contributed by atoms with van der Waals surface area (Å²) in [6, 6.07) is 53.9. The summed E-state index contributed by atoms with van der Waals surface area (Å²) in [5, 5.41) is 1.20. The van der Waals surface area contributed by atoms with Crippen molar-refractivity contribution in [2.45, 2.75) is 161 Å². The van der Waals surface area contributed by atoms with E-state index >= 15 is 0 Å². The summed E-state index contributed by atoms with van der Waals surface area (Å²) >= 11 is 0. The molecule has 0 saturated heterocycles.